The van der Waals surface area contributed by atoms with Crippen LogP contribution in [0.3, 0.4) is 0 Å². The van der Waals surface area contributed by atoms with E-state index in [-0.39, 0.29) is 17.9 Å². The van der Waals surface area contributed by atoms with Gasteiger partial charge in [-0.25, -0.2) is 0 Å². The number of rotatable bonds is 5. The first-order chi connectivity index (χ1) is 7.56. The van der Waals surface area contributed by atoms with Crippen molar-refractivity contribution in [3.05, 3.63) is 0 Å². The molecule has 2 unspecified atom stereocenters. The number of amides is 1. The molecular formula is C11H20N2O2S. The third kappa shape index (κ3) is 3.42. The summed E-state index contributed by atoms with van der Waals surface area (Å²) in [5.74, 6) is 0.128. The van der Waals surface area contributed by atoms with E-state index >= 15 is 0 Å². The van der Waals surface area contributed by atoms with Gasteiger partial charge in [0.1, 0.15) is 6.10 Å². The Balaban J connectivity index is 2.52. The molecule has 2 atom stereocenters. The summed E-state index contributed by atoms with van der Waals surface area (Å²) in [5, 5.41) is 0. The molecule has 16 heavy (non-hydrogen) atoms. The molecule has 2 N–H and O–H groups in total. The number of hydrogen-bond acceptors (Lipinski definition) is 3. The highest BCUT2D eigenvalue weighted by atomic mass is 32.1. The fraction of sp³-hybridized carbons (Fsp3) is 0.818. The predicted molar refractivity (Wildman–Crippen MR) is 67.2 cm³/mol. The van der Waals surface area contributed by atoms with Crippen LogP contribution in [0.5, 0.6) is 0 Å². The summed E-state index contributed by atoms with van der Waals surface area (Å²) in [6.07, 6.45) is 1.55. The lowest BCUT2D eigenvalue weighted by Crippen LogP contribution is -2.43. The zero-order valence-corrected chi connectivity index (χ0v) is 10.8. The minimum Gasteiger partial charge on any atom is -0.393 e. The van der Waals surface area contributed by atoms with E-state index < -0.39 is 0 Å². The van der Waals surface area contributed by atoms with Crippen molar-refractivity contribution < 1.29 is 9.53 Å². The second-order valence-corrected chi connectivity index (χ2v) is 4.65. The number of thiocarbonyl (C=S) groups is 1. The number of ether oxygens (including phenoxy) is 1. The van der Waals surface area contributed by atoms with E-state index in [1.165, 1.54) is 0 Å². The van der Waals surface area contributed by atoms with Crippen LogP contribution in [-0.4, -0.2) is 41.6 Å². The van der Waals surface area contributed by atoms with Gasteiger partial charge in [0.05, 0.1) is 4.99 Å². The maximum absolute atomic E-state index is 12.1. The first-order valence-electron chi connectivity index (χ1n) is 5.76. The Morgan fingerprint density at radius 3 is 2.81 bits per heavy atom. The van der Waals surface area contributed by atoms with Crippen molar-refractivity contribution >= 4 is 23.1 Å². The minimum absolute atomic E-state index is 0.0558. The maximum atomic E-state index is 12.1. The zero-order chi connectivity index (χ0) is 12.1. The van der Waals surface area contributed by atoms with Gasteiger partial charge in [-0.2, -0.15) is 0 Å². The van der Waals surface area contributed by atoms with Gasteiger partial charge >= 0.3 is 0 Å². The standard InChI is InChI=1S/C11H20N2O2S/c1-3-13(7-8(2)10(12)16)11(14)9-5-4-6-15-9/h8-9H,3-7H2,1-2H3,(H2,12,16). The van der Waals surface area contributed by atoms with Gasteiger partial charge < -0.3 is 15.4 Å². The van der Waals surface area contributed by atoms with Crippen LogP contribution in [0.1, 0.15) is 26.7 Å². The quantitative estimate of drug-likeness (QED) is 0.731. The van der Waals surface area contributed by atoms with Crippen LogP contribution in [0.2, 0.25) is 0 Å². The van der Waals surface area contributed by atoms with Gasteiger partial charge in [-0.05, 0) is 19.8 Å². The average molecular weight is 244 g/mol. The van der Waals surface area contributed by atoms with Crippen molar-refractivity contribution in [2.24, 2.45) is 11.7 Å². The van der Waals surface area contributed by atoms with Crippen molar-refractivity contribution in [3.63, 3.8) is 0 Å². The van der Waals surface area contributed by atoms with Crippen molar-refractivity contribution in [1.82, 2.24) is 4.90 Å². The molecule has 0 radical (unpaired) electrons. The number of nitrogens with two attached hydrogens (primary N) is 1. The molecule has 0 aromatic heterocycles. The smallest absolute Gasteiger partial charge is 0.251 e. The predicted octanol–water partition coefficient (Wildman–Crippen LogP) is 0.936. The van der Waals surface area contributed by atoms with Gasteiger partial charge in [-0.3, -0.25) is 4.79 Å². The molecule has 92 valence electrons. The molecule has 1 aliphatic heterocycles. The van der Waals surface area contributed by atoms with Gasteiger partial charge in [0.2, 0.25) is 0 Å². The molecule has 1 heterocycles. The van der Waals surface area contributed by atoms with Crippen LogP contribution >= 0.6 is 12.2 Å². The topological polar surface area (TPSA) is 55.6 Å². The van der Waals surface area contributed by atoms with Gasteiger partial charge in [0.25, 0.3) is 5.91 Å². The van der Waals surface area contributed by atoms with E-state index in [9.17, 15) is 4.79 Å². The lowest BCUT2D eigenvalue weighted by Gasteiger charge is -2.26. The summed E-state index contributed by atoms with van der Waals surface area (Å²) < 4.78 is 5.38. The van der Waals surface area contributed by atoms with Crippen molar-refractivity contribution in [2.75, 3.05) is 19.7 Å². The molecule has 1 rings (SSSR count). The van der Waals surface area contributed by atoms with Crippen molar-refractivity contribution in [2.45, 2.75) is 32.8 Å². The summed E-state index contributed by atoms with van der Waals surface area (Å²) in [6, 6.07) is 0. The summed E-state index contributed by atoms with van der Waals surface area (Å²) in [6.45, 7) is 5.85. The van der Waals surface area contributed by atoms with Gasteiger partial charge in [-0.1, -0.05) is 19.1 Å². The van der Waals surface area contributed by atoms with E-state index in [2.05, 4.69) is 0 Å². The van der Waals surface area contributed by atoms with E-state index in [0.29, 0.717) is 24.7 Å². The lowest BCUT2D eigenvalue weighted by molar-refractivity contribution is -0.141. The van der Waals surface area contributed by atoms with E-state index in [1.807, 2.05) is 13.8 Å². The number of carbonyl (C=O) groups excluding carboxylic acids is 1. The molecule has 1 amide bonds. The number of nitrogens with zero attached hydrogens (tertiary/aromatic N) is 1. The monoisotopic (exact) mass is 244 g/mol. The summed E-state index contributed by atoms with van der Waals surface area (Å²) in [4.78, 5) is 14.3. The molecule has 5 heteroatoms. The van der Waals surface area contributed by atoms with E-state index in [1.54, 1.807) is 4.90 Å². The second kappa shape index (κ2) is 6.15. The maximum Gasteiger partial charge on any atom is 0.251 e. The minimum atomic E-state index is -0.251. The molecule has 1 aliphatic rings. The summed E-state index contributed by atoms with van der Waals surface area (Å²) in [5.41, 5.74) is 5.55. The van der Waals surface area contributed by atoms with Gasteiger partial charge in [0.15, 0.2) is 0 Å². The fourth-order valence-corrected chi connectivity index (χ4v) is 1.85. The first kappa shape index (κ1) is 13.4. The van der Waals surface area contributed by atoms with Gasteiger partial charge in [0, 0.05) is 25.6 Å². The van der Waals surface area contributed by atoms with Crippen LogP contribution in [-0.2, 0) is 9.53 Å². The molecule has 4 nitrogen and oxygen atoms in total. The fourth-order valence-electron chi connectivity index (χ4n) is 1.77. The largest absolute Gasteiger partial charge is 0.393 e. The normalized spacial score (nSPS) is 21.8. The Hall–Kier alpha value is -0.680. The highest BCUT2D eigenvalue weighted by molar-refractivity contribution is 7.80. The summed E-state index contributed by atoms with van der Waals surface area (Å²) >= 11 is 4.91. The Morgan fingerprint density at radius 2 is 2.38 bits per heavy atom. The molecule has 0 aromatic carbocycles. The Kier molecular flexibility index (Phi) is 5.15. The van der Waals surface area contributed by atoms with Crippen LogP contribution < -0.4 is 5.73 Å². The third-order valence-electron chi connectivity index (χ3n) is 2.88. The van der Waals surface area contributed by atoms with Gasteiger partial charge in [-0.15, -0.1) is 0 Å². The molecule has 0 aliphatic carbocycles. The highest BCUT2D eigenvalue weighted by Gasteiger charge is 2.28. The van der Waals surface area contributed by atoms with Crippen LogP contribution in [0.25, 0.3) is 0 Å². The SMILES string of the molecule is CCN(CC(C)C(N)=S)C(=O)C1CCCO1. The highest BCUT2D eigenvalue weighted by Crippen LogP contribution is 2.15. The van der Waals surface area contributed by atoms with Crippen molar-refractivity contribution in [1.29, 1.82) is 0 Å². The van der Waals surface area contributed by atoms with E-state index in [0.717, 1.165) is 12.8 Å². The van der Waals surface area contributed by atoms with E-state index in [4.69, 9.17) is 22.7 Å². The molecule has 1 fully saturated rings. The van der Waals surface area contributed by atoms with Crippen molar-refractivity contribution in [3.8, 4) is 0 Å². The molecule has 0 spiro atoms. The molecule has 0 aromatic rings. The van der Waals surface area contributed by atoms with Crippen LogP contribution in [0.15, 0.2) is 0 Å². The first-order valence-corrected chi connectivity index (χ1v) is 6.16. The number of hydrogen-bond donors (Lipinski definition) is 1. The molecule has 1 saturated heterocycles. The second-order valence-electron chi connectivity index (χ2n) is 4.18. The molecule has 0 bridgehead atoms. The average Bonchev–Trinajstić information content (AvgIpc) is 2.77. The third-order valence-corrected chi connectivity index (χ3v) is 3.28. The van der Waals surface area contributed by atoms with Crippen LogP contribution in [0, 0.1) is 5.92 Å². The lowest BCUT2D eigenvalue weighted by atomic mass is 10.1. The zero-order valence-electron chi connectivity index (χ0n) is 9.94. The number of likely N-dealkylation sites (N-methyl/N-ethyl adjacent to an activating group) is 1. The Labute approximate surface area is 102 Å². The molecule has 0 saturated carbocycles. The van der Waals surface area contributed by atoms with Crippen LogP contribution in [0.4, 0.5) is 0 Å². The number of carbonyl (C=O) groups is 1. The Morgan fingerprint density at radius 1 is 1.69 bits per heavy atom. The molecular weight excluding hydrogens is 224 g/mol. The summed E-state index contributed by atoms with van der Waals surface area (Å²) in [7, 11) is 0. The Bertz CT molecular complexity index is 265.